The fourth-order valence-electron chi connectivity index (χ4n) is 8.49. The van der Waals surface area contributed by atoms with Crippen LogP contribution in [-0.4, -0.2) is 19.9 Å². The number of rotatable bonds is 5. The van der Waals surface area contributed by atoms with Crippen molar-refractivity contribution in [2.24, 2.45) is 0 Å². The number of fused-ring (bicyclic) bond motifs is 9. The quantitative estimate of drug-likeness (QED) is 0.163. The molecule has 12 aromatic rings. The Hall–Kier alpha value is -7.96. The third-order valence-electron chi connectivity index (χ3n) is 11.1. The van der Waals surface area contributed by atoms with Crippen molar-refractivity contribution in [3.8, 4) is 56.5 Å². The minimum Gasteiger partial charge on any atom is -0.456 e. The van der Waals surface area contributed by atoms with E-state index in [2.05, 4.69) is 91.0 Å². The van der Waals surface area contributed by atoms with Gasteiger partial charge in [0.1, 0.15) is 22.3 Å². The van der Waals surface area contributed by atoms with Crippen LogP contribution >= 0.6 is 0 Å². The van der Waals surface area contributed by atoms with Crippen LogP contribution in [0, 0.1) is 0 Å². The summed E-state index contributed by atoms with van der Waals surface area (Å²) >= 11 is 0. The Kier molecular flexibility index (Phi) is 7.13. The first-order valence-electron chi connectivity index (χ1n) is 19.3. The Bertz CT molecular complexity index is 3510. The second-order valence-electron chi connectivity index (χ2n) is 14.5. The van der Waals surface area contributed by atoms with Crippen molar-refractivity contribution in [2.45, 2.75) is 0 Å². The Labute approximate surface area is 331 Å². The standard InChI is InChI=1S/C52H30N4O2/c1-3-15-31(16-4-1)50-54-51(32-17-5-2-6-18-32)56-52(55-50)34-20-13-19-33(29-34)48-40-30-44-46(38-23-9-12-28-43(38)57-44)47(45(40)37-22-7-10-26-41(37)53-48)39-25-14-24-36-35-21-8-11-27-42(35)58-49(36)39/h1-30H. The van der Waals surface area contributed by atoms with Gasteiger partial charge in [-0.05, 0) is 30.3 Å². The van der Waals surface area contributed by atoms with E-state index in [1.165, 1.54) is 0 Å². The maximum atomic E-state index is 6.73. The summed E-state index contributed by atoms with van der Waals surface area (Å²) in [7, 11) is 0. The predicted molar refractivity (Wildman–Crippen MR) is 234 cm³/mol. The molecule has 0 aliphatic rings. The number of benzene rings is 8. The first kappa shape index (κ1) is 32.3. The van der Waals surface area contributed by atoms with E-state index in [4.69, 9.17) is 28.8 Å². The van der Waals surface area contributed by atoms with Crippen LogP contribution in [-0.2, 0) is 0 Å². The van der Waals surface area contributed by atoms with Crippen LogP contribution in [0.15, 0.2) is 191 Å². The molecule has 0 aliphatic heterocycles. The molecule has 0 amide bonds. The maximum Gasteiger partial charge on any atom is 0.164 e. The fourth-order valence-corrected chi connectivity index (χ4v) is 8.49. The minimum absolute atomic E-state index is 0.580. The van der Waals surface area contributed by atoms with Gasteiger partial charge in [-0.15, -0.1) is 0 Å². The molecule has 0 atom stereocenters. The number of aromatic nitrogens is 4. The molecule has 0 unspecified atom stereocenters. The highest BCUT2D eigenvalue weighted by molar-refractivity contribution is 6.29. The van der Waals surface area contributed by atoms with Gasteiger partial charge in [-0.25, -0.2) is 19.9 Å². The highest BCUT2D eigenvalue weighted by atomic mass is 16.3. The van der Waals surface area contributed by atoms with Crippen LogP contribution in [0.4, 0.5) is 0 Å². The van der Waals surface area contributed by atoms with Gasteiger partial charge in [0.15, 0.2) is 17.5 Å². The number of hydrogen-bond acceptors (Lipinski definition) is 6. The van der Waals surface area contributed by atoms with Gasteiger partial charge in [0.2, 0.25) is 0 Å². The van der Waals surface area contributed by atoms with Crippen molar-refractivity contribution in [1.82, 2.24) is 19.9 Å². The average molecular weight is 743 g/mol. The van der Waals surface area contributed by atoms with Crippen LogP contribution in [0.2, 0.25) is 0 Å². The van der Waals surface area contributed by atoms with E-state index in [1.807, 2.05) is 91.0 Å². The molecule has 4 aromatic heterocycles. The van der Waals surface area contributed by atoms with Gasteiger partial charge in [0.05, 0.1) is 11.2 Å². The maximum absolute atomic E-state index is 6.73. The zero-order valence-corrected chi connectivity index (χ0v) is 30.9. The number of furan rings is 2. The van der Waals surface area contributed by atoms with Crippen LogP contribution in [0.25, 0.3) is 122 Å². The molecule has 6 heteroatoms. The van der Waals surface area contributed by atoms with E-state index in [0.29, 0.717) is 17.5 Å². The summed E-state index contributed by atoms with van der Waals surface area (Å²) in [5, 5.41) is 7.34. The number of hydrogen-bond donors (Lipinski definition) is 0. The zero-order valence-electron chi connectivity index (χ0n) is 30.9. The number of nitrogens with zero attached hydrogens (tertiary/aromatic N) is 4. The second-order valence-corrected chi connectivity index (χ2v) is 14.5. The van der Waals surface area contributed by atoms with Gasteiger partial charge < -0.3 is 8.83 Å². The van der Waals surface area contributed by atoms with E-state index in [9.17, 15) is 0 Å². The summed E-state index contributed by atoms with van der Waals surface area (Å²) < 4.78 is 13.4. The topological polar surface area (TPSA) is 77.8 Å². The highest BCUT2D eigenvalue weighted by Crippen LogP contribution is 2.48. The molecule has 270 valence electrons. The summed E-state index contributed by atoms with van der Waals surface area (Å²) in [6.07, 6.45) is 0. The molecular weight excluding hydrogens is 713 g/mol. The minimum atomic E-state index is 0.580. The van der Waals surface area contributed by atoms with Gasteiger partial charge >= 0.3 is 0 Å². The molecule has 0 radical (unpaired) electrons. The van der Waals surface area contributed by atoms with E-state index in [1.54, 1.807) is 0 Å². The Morgan fingerprint density at radius 3 is 1.62 bits per heavy atom. The molecule has 8 aromatic carbocycles. The van der Waals surface area contributed by atoms with Crippen molar-refractivity contribution in [2.75, 3.05) is 0 Å². The first-order valence-corrected chi connectivity index (χ1v) is 19.3. The third kappa shape index (κ3) is 5.05. The van der Waals surface area contributed by atoms with Gasteiger partial charge in [0, 0.05) is 71.1 Å². The summed E-state index contributed by atoms with van der Waals surface area (Å²) in [6.45, 7) is 0. The van der Waals surface area contributed by atoms with Crippen LogP contribution in [0.5, 0.6) is 0 Å². The third-order valence-corrected chi connectivity index (χ3v) is 11.1. The molecule has 0 bridgehead atoms. The van der Waals surface area contributed by atoms with Crippen molar-refractivity contribution < 1.29 is 8.83 Å². The van der Waals surface area contributed by atoms with Crippen molar-refractivity contribution in [1.29, 1.82) is 0 Å². The lowest BCUT2D eigenvalue weighted by Crippen LogP contribution is -2.00. The smallest absolute Gasteiger partial charge is 0.164 e. The molecule has 0 saturated heterocycles. The molecule has 6 nitrogen and oxygen atoms in total. The molecule has 0 aliphatic carbocycles. The molecule has 4 heterocycles. The highest BCUT2D eigenvalue weighted by Gasteiger charge is 2.24. The van der Waals surface area contributed by atoms with Crippen LogP contribution in [0.3, 0.4) is 0 Å². The summed E-state index contributed by atoms with van der Waals surface area (Å²) in [6, 6.07) is 62.0. The first-order chi connectivity index (χ1) is 28.7. The summed E-state index contributed by atoms with van der Waals surface area (Å²) in [4.78, 5) is 20.4. The monoisotopic (exact) mass is 742 g/mol. The van der Waals surface area contributed by atoms with Crippen molar-refractivity contribution >= 4 is 65.6 Å². The predicted octanol–water partition coefficient (Wildman–Crippen LogP) is 13.7. The molecule has 0 fully saturated rings. The normalized spacial score (nSPS) is 11.8. The molecule has 58 heavy (non-hydrogen) atoms. The molecule has 0 saturated carbocycles. The summed E-state index contributed by atoms with van der Waals surface area (Å²) in [5.74, 6) is 1.80. The Morgan fingerprint density at radius 2 is 0.879 bits per heavy atom. The molecule has 0 N–H and O–H groups in total. The van der Waals surface area contributed by atoms with E-state index in [0.717, 1.165) is 105 Å². The van der Waals surface area contributed by atoms with E-state index < -0.39 is 0 Å². The molecule has 12 rings (SSSR count). The lowest BCUT2D eigenvalue weighted by atomic mass is 9.88. The summed E-state index contributed by atoms with van der Waals surface area (Å²) in [5.41, 5.74) is 10.7. The van der Waals surface area contributed by atoms with E-state index in [-0.39, 0.29) is 0 Å². The Balaban J connectivity index is 1.16. The van der Waals surface area contributed by atoms with Crippen LogP contribution < -0.4 is 0 Å². The zero-order chi connectivity index (χ0) is 38.2. The Morgan fingerprint density at radius 1 is 0.328 bits per heavy atom. The van der Waals surface area contributed by atoms with Gasteiger partial charge in [-0.3, -0.25) is 0 Å². The molecule has 0 spiro atoms. The van der Waals surface area contributed by atoms with Crippen LogP contribution in [0.1, 0.15) is 0 Å². The lowest BCUT2D eigenvalue weighted by Gasteiger charge is -2.16. The SMILES string of the molecule is c1ccc(-c2nc(-c3ccccc3)nc(-c3cccc(-c4nc5ccccc5c5c(-c6cccc7c6oc6ccccc67)c6c(cc45)oc4ccccc46)c3)n2)cc1. The van der Waals surface area contributed by atoms with E-state index >= 15 is 0 Å². The number of para-hydroxylation sites is 4. The lowest BCUT2D eigenvalue weighted by molar-refractivity contribution is 0.669. The average Bonchev–Trinajstić information content (AvgIpc) is 3.87. The number of pyridine rings is 1. The largest absolute Gasteiger partial charge is 0.456 e. The van der Waals surface area contributed by atoms with Gasteiger partial charge in [0.25, 0.3) is 0 Å². The fraction of sp³-hybridized carbons (Fsp3) is 0. The molecular formula is C52H30N4O2. The van der Waals surface area contributed by atoms with Crippen molar-refractivity contribution in [3.63, 3.8) is 0 Å². The van der Waals surface area contributed by atoms with Crippen molar-refractivity contribution in [3.05, 3.63) is 182 Å². The van der Waals surface area contributed by atoms with Gasteiger partial charge in [-0.2, -0.15) is 0 Å². The second kappa shape index (κ2) is 12.8. The van der Waals surface area contributed by atoms with Gasteiger partial charge in [-0.1, -0.05) is 152 Å².